The molecular formula is C16H27NO. The molecule has 102 valence electrons. The Labute approximate surface area is 112 Å². The van der Waals surface area contributed by atoms with Crippen LogP contribution in [-0.2, 0) is 0 Å². The molecule has 2 nitrogen and oxygen atoms in total. The minimum absolute atomic E-state index is 0.413. The first-order valence-electron chi connectivity index (χ1n) is 7.09. The molecule has 0 heterocycles. The van der Waals surface area contributed by atoms with Crippen LogP contribution in [0.15, 0.2) is 24.3 Å². The maximum atomic E-state index is 5.68. The summed E-state index contributed by atoms with van der Waals surface area (Å²) >= 11 is 0. The Bertz CT molecular complexity index is 318. The molecule has 0 fully saturated rings. The molecule has 0 unspecified atom stereocenters. The summed E-state index contributed by atoms with van der Waals surface area (Å²) in [7, 11) is 0. The lowest BCUT2D eigenvalue weighted by Gasteiger charge is -2.15. The summed E-state index contributed by atoms with van der Waals surface area (Å²) in [4.78, 5) is 0. The van der Waals surface area contributed by atoms with Gasteiger partial charge in [0.15, 0.2) is 0 Å². The second-order valence-corrected chi connectivity index (χ2v) is 5.30. The standard InChI is InChI=1S/C16H27NO/c1-5-6-11-17-14(4)15-7-9-16(10-8-15)18-12-13(2)3/h7-10,13-14,17H,5-6,11-12H2,1-4H3/t14-/m0/s1. The third-order valence-corrected chi connectivity index (χ3v) is 2.94. The molecule has 2 heteroatoms. The van der Waals surface area contributed by atoms with Crippen LogP contribution in [0.1, 0.15) is 52.1 Å². The van der Waals surface area contributed by atoms with Gasteiger partial charge in [-0.1, -0.05) is 39.3 Å². The lowest BCUT2D eigenvalue weighted by Crippen LogP contribution is -2.19. The molecule has 0 aliphatic heterocycles. The summed E-state index contributed by atoms with van der Waals surface area (Å²) in [5, 5.41) is 3.53. The zero-order chi connectivity index (χ0) is 13.4. The topological polar surface area (TPSA) is 21.3 Å². The number of benzene rings is 1. The van der Waals surface area contributed by atoms with E-state index in [0.29, 0.717) is 12.0 Å². The van der Waals surface area contributed by atoms with Crippen LogP contribution in [-0.4, -0.2) is 13.2 Å². The van der Waals surface area contributed by atoms with Crippen LogP contribution in [0.3, 0.4) is 0 Å². The minimum Gasteiger partial charge on any atom is -0.493 e. The molecule has 0 aromatic heterocycles. The van der Waals surface area contributed by atoms with Crippen molar-refractivity contribution in [1.82, 2.24) is 5.32 Å². The second kappa shape index (κ2) is 8.15. The highest BCUT2D eigenvalue weighted by Gasteiger charge is 2.04. The van der Waals surface area contributed by atoms with Gasteiger partial charge in [0, 0.05) is 6.04 Å². The van der Waals surface area contributed by atoms with E-state index in [1.54, 1.807) is 0 Å². The first-order valence-corrected chi connectivity index (χ1v) is 7.09. The Balaban J connectivity index is 2.43. The SMILES string of the molecule is CCCCN[C@@H](C)c1ccc(OCC(C)C)cc1. The molecule has 1 rings (SSSR count). The van der Waals surface area contributed by atoms with Crippen molar-refractivity contribution in [3.8, 4) is 5.75 Å². The maximum Gasteiger partial charge on any atom is 0.119 e. The number of hydrogen-bond donors (Lipinski definition) is 1. The van der Waals surface area contributed by atoms with Crippen molar-refractivity contribution in [3.05, 3.63) is 29.8 Å². The average Bonchev–Trinajstić information content (AvgIpc) is 2.37. The first-order chi connectivity index (χ1) is 8.63. The predicted molar refractivity (Wildman–Crippen MR) is 78.1 cm³/mol. The van der Waals surface area contributed by atoms with Gasteiger partial charge in [-0.25, -0.2) is 0 Å². The van der Waals surface area contributed by atoms with Gasteiger partial charge in [0.2, 0.25) is 0 Å². The highest BCUT2D eigenvalue weighted by Crippen LogP contribution is 2.18. The van der Waals surface area contributed by atoms with Gasteiger partial charge in [0.1, 0.15) is 5.75 Å². The summed E-state index contributed by atoms with van der Waals surface area (Å²) < 4.78 is 5.68. The van der Waals surface area contributed by atoms with Crippen molar-refractivity contribution in [2.24, 2.45) is 5.92 Å². The van der Waals surface area contributed by atoms with Gasteiger partial charge in [-0.05, 0) is 43.5 Å². The zero-order valence-corrected chi connectivity index (χ0v) is 12.2. The normalized spacial score (nSPS) is 12.7. The second-order valence-electron chi connectivity index (χ2n) is 5.30. The molecule has 1 atom stereocenters. The molecule has 18 heavy (non-hydrogen) atoms. The minimum atomic E-state index is 0.413. The van der Waals surface area contributed by atoms with Crippen molar-refractivity contribution in [3.63, 3.8) is 0 Å². The van der Waals surface area contributed by atoms with E-state index in [9.17, 15) is 0 Å². The fourth-order valence-electron chi connectivity index (χ4n) is 1.73. The van der Waals surface area contributed by atoms with Crippen LogP contribution in [0, 0.1) is 5.92 Å². The Morgan fingerprint density at radius 3 is 2.33 bits per heavy atom. The number of ether oxygens (including phenoxy) is 1. The van der Waals surface area contributed by atoms with Crippen molar-refractivity contribution >= 4 is 0 Å². The third kappa shape index (κ3) is 5.54. The molecule has 0 radical (unpaired) electrons. The first kappa shape index (κ1) is 15.0. The zero-order valence-electron chi connectivity index (χ0n) is 12.2. The Morgan fingerprint density at radius 2 is 1.78 bits per heavy atom. The van der Waals surface area contributed by atoms with E-state index in [4.69, 9.17) is 4.74 Å². The highest BCUT2D eigenvalue weighted by molar-refractivity contribution is 5.28. The average molecular weight is 249 g/mol. The Kier molecular flexibility index (Phi) is 6.81. The molecule has 1 aromatic carbocycles. The fraction of sp³-hybridized carbons (Fsp3) is 0.625. The molecule has 0 saturated carbocycles. The van der Waals surface area contributed by atoms with Gasteiger partial charge < -0.3 is 10.1 Å². The molecule has 0 bridgehead atoms. The van der Waals surface area contributed by atoms with E-state index in [0.717, 1.165) is 18.9 Å². The van der Waals surface area contributed by atoms with Crippen LogP contribution < -0.4 is 10.1 Å². The van der Waals surface area contributed by atoms with E-state index in [-0.39, 0.29) is 0 Å². The van der Waals surface area contributed by atoms with E-state index < -0.39 is 0 Å². The molecule has 0 spiro atoms. The quantitative estimate of drug-likeness (QED) is 0.698. The van der Waals surface area contributed by atoms with E-state index in [2.05, 4.69) is 57.3 Å². The van der Waals surface area contributed by atoms with E-state index in [1.165, 1.54) is 18.4 Å². The summed E-state index contributed by atoms with van der Waals surface area (Å²) in [6.45, 7) is 10.6. The van der Waals surface area contributed by atoms with Crippen molar-refractivity contribution in [2.75, 3.05) is 13.2 Å². The Morgan fingerprint density at radius 1 is 1.11 bits per heavy atom. The van der Waals surface area contributed by atoms with Crippen molar-refractivity contribution < 1.29 is 4.74 Å². The van der Waals surface area contributed by atoms with Gasteiger partial charge in [0.25, 0.3) is 0 Å². The van der Waals surface area contributed by atoms with Gasteiger partial charge >= 0.3 is 0 Å². The molecule has 0 aliphatic carbocycles. The number of nitrogens with one attached hydrogen (secondary N) is 1. The van der Waals surface area contributed by atoms with Crippen LogP contribution in [0.4, 0.5) is 0 Å². The van der Waals surface area contributed by atoms with Crippen molar-refractivity contribution in [2.45, 2.75) is 46.6 Å². The molecule has 1 N–H and O–H groups in total. The molecule has 1 aromatic rings. The lowest BCUT2D eigenvalue weighted by atomic mass is 10.1. The highest BCUT2D eigenvalue weighted by atomic mass is 16.5. The fourth-order valence-corrected chi connectivity index (χ4v) is 1.73. The van der Waals surface area contributed by atoms with Gasteiger partial charge in [-0.15, -0.1) is 0 Å². The third-order valence-electron chi connectivity index (χ3n) is 2.94. The molecular weight excluding hydrogens is 222 g/mol. The smallest absolute Gasteiger partial charge is 0.119 e. The lowest BCUT2D eigenvalue weighted by molar-refractivity contribution is 0.271. The van der Waals surface area contributed by atoms with Crippen molar-refractivity contribution in [1.29, 1.82) is 0 Å². The number of rotatable bonds is 8. The Hall–Kier alpha value is -1.02. The van der Waals surface area contributed by atoms with Gasteiger partial charge in [0.05, 0.1) is 6.61 Å². The number of unbranched alkanes of at least 4 members (excludes halogenated alkanes) is 1. The maximum absolute atomic E-state index is 5.68. The van der Waals surface area contributed by atoms with Gasteiger partial charge in [-0.3, -0.25) is 0 Å². The predicted octanol–water partition coefficient (Wildman–Crippen LogP) is 4.17. The summed E-state index contributed by atoms with van der Waals surface area (Å²) in [5.41, 5.74) is 1.32. The van der Waals surface area contributed by atoms with E-state index >= 15 is 0 Å². The van der Waals surface area contributed by atoms with Crippen LogP contribution in [0.5, 0.6) is 5.75 Å². The number of hydrogen-bond acceptors (Lipinski definition) is 2. The monoisotopic (exact) mass is 249 g/mol. The van der Waals surface area contributed by atoms with Crippen LogP contribution >= 0.6 is 0 Å². The summed E-state index contributed by atoms with van der Waals surface area (Å²) in [5.74, 6) is 1.53. The largest absolute Gasteiger partial charge is 0.493 e. The van der Waals surface area contributed by atoms with Crippen LogP contribution in [0.25, 0.3) is 0 Å². The summed E-state index contributed by atoms with van der Waals surface area (Å²) in [6, 6.07) is 8.85. The van der Waals surface area contributed by atoms with E-state index in [1.807, 2.05) is 0 Å². The molecule has 0 aliphatic rings. The van der Waals surface area contributed by atoms with Gasteiger partial charge in [-0.2, -0.15) is 0 Å². The molecule has 0 saturated heterocycles. The van der Waals surface area contributed by atoms with Crippen LogP contribution in [0.2, 0.25) is 0 Å². The summed E-state index contributed by atoms with van der Waals surface area (Å²) in [6.07, 6.45) is 2.47. The molecule has 0 amide bonds.